The van der Waals surface area contributed by atoms with Crippen LogP contribution in [0.1, 0.15) is 55.6 Å². The standard InChI is InChI=1S/C19H26N2/c1-4-14-7-5-6-8-15(14)13-21-10-9-16-17(20)11-19(2,3)12-18(16)21/h5-10,17H,4,11-13,20H2,1-3H3. The number of nitrogens with zero attached hydrogens (tertiary/aromatic N) is 1. The molecular weight excluding hydrogens is 256 g/mol. The summed E-state index contributed by atoms with van der Waals surface area (Å²) in [6, 6.07) is 11.2. The Morgan fingerprint density at radius 3 is 2.62 bits per heavy atom. The highest BCUT2D eigenvalue weighted by Gasteiger charge is 2.32. The number of fused-ring (bicyclic) bond motifs is 1. The minimum Gasteiger partial charge on any atom is -0.347 e. The lowest BCUT2D eigenvalue weighted by molar-refractivity contribution is 0.276. The van der Waals surface area contributed by atoms with Crippen LogP contribution >= 0.6 is 0 Å². The Hall–Kier alpha value is -1.54. The highest BCUT2D eigenvalue weighted by Crippen LogP contribution is 2.40. The van der Waals surface area contributed by atoms with Gasteiger partial charge >= 0.3 is 0 Å². The van der Waals surface area contributed by atoms with Crippen LogP contribution in [0, 0.1) is 5.41 Å². The third-order valence-electron chi connectivity index (χ3n) is 4.77. The largest absolute Gasteiger partial charge is 0.347 e. The molecule has 1 aromatic carbocycles. The normalized spacial score (nSPS) is 20.3. The van der Waals surface area contributed by atoms with Crippen molar-refractivity contribution in [2.24, 2.45) is 11.1 Å². The van der Waals surface area contributed by atoms with Gasteiger partial charge < -0.3 is 10.3 Å². The highest BCUT2D eigenvalue weighted by molar-refractivity contribution is 5.33. The van der Waals surface area contributed by atoms with Crippen LogP contribution in [0.25, 0.3) is 0 Å². The summed E-state index contributed by atoms with van der Waals surface area (Å²) >= 11 is 0. The van der Waals surface area contributed by atoms with Gasteiger partial charge in [0.25, 0.3) is 0 Å². The summed E-state index contributed by atoms with van der Waals surface area (Å²) in [5, 5.41) is 0. The van der Waals surface area contributed by atoms with Gasteiger partial charge in [0.1, 0.15) is 0 Å². The van der Waals surface area contributed by atoms with Crippen molar-refractivity contribution < 1.29 is 0 Å². The molecule has 0 saturated carbocycles. The second kappa shape index (κ2) is 5.34. The molecule has 1 atom stereocenters. The first-order valence-corrected chi connectivity index (χ1v) is 8.00. The van der Waals surface area contributed by atoms with E-state index in [1.165, 1.54) is 22.4 Å². The Labute approximate surface area is 128 Å². The van der Waals surface area contributed by atoms with Gasteiger partial charge in [-0.3, -0.25) is 0 Å². The lowest BCUT2D eigenvalue weighted by atomic mass is 9.74. The molecule has 1 aromatic heterocycles. The van der Waals surface area contributed by atoms with Crippen molar-refractivity contribution in [2.75, 3.05) is 0 Å². The summed E-state index contributed by atoms with van der Waals surface area (Å²) in [6.45, 7) is 7.84. The van der Waals surface area contributed by atoms with Crippen molar-refractivity contribution >= 4 is 0 Å². The topological polar surface area (TPSA) is 30.9 Å². The van der Waals surface area contributed by atoms with E-state index < -0.39 is 0 Å². The Kier molecular flexibility index (Phi) is 3.66. The zero-order valence-electron chi connectivity index (χ0n) is 13.4. The van der Waals surface area contributed by atoms with Crippen molar-refractivity contribution in [3.63, 3.8) is 0 Å². The van der Waals surface area contributed by atoms with Gasteiger partial charge in [-0.1, -0.05) is 45.0 Å². The number of hydrogen-bond acceptors (Lipinski definition) is 1. The van der Waals surface area contributed by atoms with Crippen LogP contribution in [-0.4, -0.2) is 4.57 Å². The van der Waals surface area contributed by atoms with Gasteiger partial charge in [-0.2, -0.15) is 0 Å². The zero-order valence-corrected chi connectivity index (χ0v) is 13.4. The fourth-order valence-electron chi connectivity index (χ4n) is 3.68. The van der Waals surface area contributed by atoms with E-state index in [0.717, 1.165) is 25.8 Å². The first-order valence-electron chi connectivity index (χ1n) is 8.00. The lowest BCUT2D eigenvalue weighted by Crippen LogP contribution is -2.30. The minimum atomic E-state index is 0.186. The van der Waals surface area contributed by atoms with E-state index in [9.17, 15) is 0 Å². The maximum absolute atomic E-state index is 6.37. The predicted molar refractivity (Wildman–Crippen MR) is 88.4 cm³/mol. The van der Waals surface area contributed by atoms with Gasteiger partial charge in [0.05, 0.1) is 0 Å². The fourth-order valence-corrected chi connectivity index (χ4v) is 3.68. The smallest absolute Gasteiger partial charge is 0.0475 e. The molecule has 1 aliphatic rings. The molecule has 1 unspecified atom stereocenters. The quantitative estimate of drug-likeness (QED) is 0.904. The molecule has 21 heavy (non-hydrogen) atoms. The van der Waals surface area contributed by atoms with Crippen LogP contribution in [0.2, 0.25) is 0 Å². The highest BCUT2D eigenvalue weighted by atomic mass is 15.0. The number of aromatic nitrogens is 1. The fraction of sp³-hybridized carbons (Fsp3) is 0.474. The summed E-state index contributed by atoms with van der Waals surface area (Å²) in [4.78, 5) is 0. The zero-order chi connectivity index (χ0) is 15.0. The van der Waals surface area contributed by atoms with Crippen molar-refractivity contribution in [2.45, 2.75) is 52.6 Å². The molecule has 0 spiro atoms. The molecule has 3 rings (SSSR count). The number of rotatable bonds is 3. The van der Waals surface area contributed by atoms with Crippen molar-refractivity contribution in [3.8, 4) is 0 Å². The van der Waals surface area contributed by atoms with E-state index in [1.807, 2.05) is 0 Å². The van der Waals surface area contributed by atoms with E-state index in [2.05, 4.69) is 61.9 Å². The molecule has 0 fully saturated rings. The molecule has 0 aliphatic heterocycles. The van der Waals surface area contributed by atoms with Gasteiger partial charge in [0.15, 0.2) is 0 Å². The number of nitrogens with two attached hydrogens (primary N) is 1. The molecule has 1 heterocycles. The van der Waals surface area contributed by atoms with Crippen LogP contribution in [0.5, 0.6) is 0 Å². The first-order chi connectivity index (χ1) is 10.00. The summed E-state index contributed by atoms with van der Waals surface area (Å²) in [6.07, 6.45) is 5.51. The molecule has 2 nitrogen and oxygen atoms in total. The van der Waals surface area contributed by atoms with Crippen LogP contribution in [0.4, 0.5) is 0 Å². The molecule has 2 aromatic rings. The van der Waals surface area contributed by atoms with Crippen molar-refractivity contribution in [1.29, 1.82) is 0 Å². The average Bonchev–Trinajstić information content (AvgIpc) is 2.81. The van der Waals surface area contributed by atoms with Gasteiger partial charge in [-0.05, 0) is 47.4 Å². The summed E-state index contributed by atoms with van der Waals surface area (Å²) in [5.41, 5.74) is 12.3. The monoisotopic (exact) mass is 282 g/mol. The average molecular weight is 282 g/mol. The molecule has 0 saturated heterocycles. The van der Waals surface area contributed by atoms with Crippen LogP contribution in [0.3, 0.4) is 0 Å². The van der Waals surface area contributed by atoms with Gasteiger partial charge in [-0.15, -0.1) is 0 Å². The molecular formula is C19H26N2. The molecule has 2 heteroatoms. The molecule has 0 radical (unpaired) electrons. The summed E-state index contributed by atoms with van der Waals surface area (Å²) in [5.74, 6) is 0. The van der Waals surface area contributed by atoms with Gasteiger partial charge in [0.2, 0.25) is 0 Å². The molecule has 112 valence electrons. The van der Waals surface area contributed by atoms with E-state index in [-0.39, 0.29) is 6.04 Å². The Bertz CT molecular complexity index is 637. The van der Waals surface area contributed by atoms with Gasteiger partial charge in [0, 0.05) is 24.5 Å². The first kappa shape index (κ1) is 14.4. The maximum Gasteiger partial charge on any atom is 0.0475 e. The molecule has 0 bridgehead atoms. The maximum atomic E-state index is 6.37. The third-order valence-corrected chi connectivity index (χ3v) is 4.77. The number of benzene rings is 1. The van der Waals surface area contributed by atoms with Crippen LogP contribution in [0.15, 0.2) is 36.5 Å². The Balaban J connectivity index is 1.95. The Morgan fingerprint density at radius 1 is 1.19 bits per heavy atom. The second-order valence-electron chi connectivity index (χ2n) is 7.12. The van der Waals surface area contributed by atoms with E-state index >= 15 is 0 Å². The summed E-state index contributed by atoms with van der Waals surface area (Å²) < 4.78 is 2.41. The Morgan fingerprint density at radius 2 is 1.90 bits per heavy atom. The van der Waals surface area contributed by atoms with Crippen molar-refractivity contribution in [1.82, 2.24) is 4.57 Å². The lowest BCUT2D eigenvalue weighted by Gasteiger charge is -2.34. The SMILES string of the molecule is CCc1ccccc1Cn1ccc2c1CC(C)(C)CC2N. The minimum absolute atomic E-state index is 0.186. The van der Waals surface area contributed by atoms with Gasteiger partial charge in [-0.25, -0.2) is 0 Å². The number of hydrogen-bond donors (Lipinski definition) is 1. The molecule has 2 N–H and O–H groups in total. The van der Waals surface area contributed by atoms with E-state index in [0.29, 0.717) is 5.41 Å². The third kappa shape index (κ3) is 2.77. The van der Waals surface area contributed by atoms with E-state index in [1.54, 1.807) is 0 Å². The molecule has 1 aliphatic carbocycles. The number of aryl methyl sites for hydroxylation is 1. The van der Waals surface area contributed by atoms with Crippen molar-refractivity contribution in [3.05, 3.63) is 58.9 Å². The van der Waals surface area contributed by atoms with Crippen LogP contribution < -0.4 is 5.73 Å². The van der Waals surface area contributed by atoms with Crippen LogP contribution in [-0.2, 0) is 19.4 Å². The summed E-state index contributed by atoms with van der Waals surface area (Å²) in [7, 11) is 0. The predicted octanol–water partition coefficient (Wildman–Crippen LogP) is 4.07. The second-order valence-corrected chi connectivity index (χ2v) is 7.12. The van der Waals surface area contributed by atoms with E-state index in [4.69, 9.17) is 5.73 Å². The molecule has 0 amide bonds.